The van der Waals surface area contributed by atoms with Crippen LogP contribution in [0.5, 0.6) is 5.75 Å². The highest BCUT2D eigenvalue weighted by atomic mass is 16.5. The molecule has 84 valence electrons. The largest absolute Gasteiger partial charge is 0.465 e. The second-order valence-electron chi connectivity index (χ2n) is 3.08. The molecule has 0 aliphatic heterocycles. The summed E-state index contributed by atoms with van der Waals surface area (Å²) in [6.45, 7) is 5.73. The van der Waals surface area contributed by atoms with E-state index in [9.17, 15) is 0 Å². The number of hydrogen-bond acceptors (Lipinski definition) is 3. The van der Waals surface area contributed by atoms with Gasteiger partial charge in [0, 0.05) is 5.56 Å². The molecular formula is C13H15NO2. The first-order valence-electron chi connectivity index (χ1n) is 5.04. The van der Waals surface area contributed by atoms with Gasteiger partial charge < -0.3 is 9.47 Å². The lowest BCUT2D eigenvalue weighted by atomic mass is 10.2. The predicted molar refractivity (Wildman–Crippen MR) is 65.4 cm³/mol. The number of ether oxygens (including phenoxy) is 2. The van der Waals surface area contributed by atoms with Crippen LogP contribution in [-0.4, -0.2) is 6.40 Å². The molecular weight excluding hydrogens is 202 g/mol. The van der Waals surface area contributed by atoms with Crippen molar-refractivity contribution in [1.29, 1.82) is 5.41 Å². The summed E-state index contributed by atoms with van der Waals surface area (Å²) < 4.78 is 10.2. The normalized spacial score (nSPS) is 10.1. The summed E-state index contributed by atoms with van der Waals surface area (Å²) >= 11 is 0. The maximum atomic E-state index is 6.79. The molecule has 0 aliphatic rings. The van der Waals surface area contributed by atoms with Crippen LogP contribution in [0.25, 0.3) is 5.76 Å². The van der Waals surface area contributed by atoms with Crippen molar-refractivity contribution in [3.8, 4) is 5.75 Å². The highest BCUT2D eigenvalue weighted by molar-refractivity contribution is 5.65. The molecule has 0 aromatic heterocycles. The molecule has 0 fully saturated rings. The monoisotopic (exact) mass is 217 g/mol. The zero-order chi connectivity index (χ0) is 11.8. The third kappa shape index (κ3) is 3.61. The minimum absolute atomic E-state index is 0.450. The minimum atomic E-state index is 0.450. The Morgan fingerprint density at radius 2 is 2.06 bits per heavy atom. The third-order valence-electron chi connectivity index (χ3n) is 1.91. The SMILES string of the molecule is C=C(OC=N)c1ccc(O/C=C/CC)cc1. The van der Waals surface area contributed by atoms with E-state index in [4.69, 9.17) is 14.9 Å². The molecule has 1 aromatic carbocycles. The average Bonchev–Trinajstić information content (AvgIpc) is 2.30. The summed E-state index contributed by atoms with van der Waals surface area (Å²) in [5, 5.41) is 6.79. The van der Waals surface area contributed by atoms with Gasteiger partial charge in [0.15, 0.2) is 6.40 Å². The van der Waals surface area contributed by atoms with Crippen molar-refractivity contribution in [2.75, 3.05) is 0 Å². The van der Waals surface area contributed by atoms with Crippen LogP contribution in [0.1, 0.15) is 18.9 Å². The Hall–Kier alpha value is -2.03. The van der Waals surface area contributed by atoms with Crippen LogP contribution in [0.3, 0.4) is 0 Å². The van der Waals surface area contributed by atoms with Crippen molar-refractivity contribution in [2.45, 2.75) is 13.3 Å². The quantitative estimate of drug-likeness (QED) is 0.449. The van der Waals surface area contributed by atoms with Crippen molar-refractivity contribution < 1.29 is 9.47 Å². The van der Waals surface area contributed by atoms with Crippen LogP contribution >= 0.6 is 0 Å². The van der Waals surface area contributed by atoms with Gasteiger partial charge >= 0.3 is 0 Å². The third-order valence-corrected chi connectivity index (χ3v) is 1.91. The van der Waals surface area contributed by atoms with Gasteiger partial charge in [-0.1, -0.05) is 13.5 Å². The fourth-order valence-electron chi connectivity index (χ4n) is 1.08. The standard InChI is InChI=1S/C13H15NO2/c1-3-4-9-15-13-7-5-12(6-8-13)11(2)16-10-14/h4-10,14H,2-3H2,1H3/b9-4+,14-10?. The molecule has 0 unspecified atom stereocenters. The number of nitrogens with one attached hydrogen (secondary N) is 1. The smallest absolute Gasteiger partial charge is 0.173 e. The van der Waals surface area contributed by atoms with Crippen LogP contribution < -0.4 is 4.74 Å². The zero-order valence-electron chi connectivity index (χ0n) is 9.27. The number of rotatable bonds is 6. The molecule has 1 aromatic rings. The van der Waals surface area contributed by atoms with Gasteiger partial charge in [-0.25, -0.2) is 0 Å². The second kappa shape index (κ2) is 6.45. The van der Waals surface area contributed by atoms with E-state index in [1.54, 1.807) is 6.26 Å². The molecule has 0 amide bonds. The summed E-state index contributed by atoms with van der Waals surface area (Å²) in [6, 6.07) is 7.32. The Morgan fingerprint density at radius 3 is 2.62 bits per heavy atom. The van der Waals surface area contributed by atoms with Crippen molar-refractivity contribution in [2.24, 2.45) is 0 Å². The summed E-state index contributed by atoms with van der Waals surface area (Å²) in [4.78, 5) is 0. The van der Waals surface area contributed by atoms with Crippen molar-refractivity contribution in [1.82, 2.24) is 0 Å². The van der Waals surface area contributed by atoms with Crippen LogP contribution in [0.15, 0.2) is 43.2 Å². The molecule has 0 radical (unpaired) electrons. The highest BCUT2D eigenvalue weighted by Gasteiger charge is 1.98. The molecule has 0 atom stereocenters. The second-order valence-corrected chi connectivity index (χ2v) is 3.08. The molecule has 0 bridgehead atoms. The Morgan fingerprint density at radius 1 is 1.38 bits per heavy atom. The molecule has 0 heterocycles. The predicted octanol–water partition coefficient (Wildman–Crippen LogP) is 3.58. The fourth-order valence-corrected chi connectivity index (χ4v) is 1.08. The fraction of sp³-hybridized carbons (Fsp3) is 0.154. The first-order valence-corrected chi connectivity index (χ1v) is 5.04. The lowest BCUT2D eigenvalue weighted by Crippen LogP contribution is -1.88. The van der Waals surface area contributed by atoms with Crippen LogP contribution in [0.4, 0.5) is 0 Å². The lowest BCUT2D eigenvalue weighted by Gasteiger charge is -2.04. The van der Waals surface area contributed by atoms with E-state index in [1.807, 2.05) is 37.3 Å². The van der Waals surface area contributed by atoms with E-state index in [-0.39, 0.29) is 0 Å². The Bertz CT molecular complexity index is 379. The first-order chi connectivity index (χ1) is 7.77. The summed E-state index contributed by atoms with van der Waals surface area (Å²) in [5.74, 6) is 1.21. The summed E-state index contributed by atoms with van der Waals surface area (Å²) in [7, 11) is 0. The van der Waals surface area contributed by atoms with Gasteiger partial charge in [-0.15, -0.1) is 0 Å². The van der Waals surface area contributed by atoms with E-state index >= 15 is 0 Å². The van der Waals surface area contributed by atoms with Crippen LogP contribution in [0, 0.1) is 5.41 Å². The molecule has 0 saturated carbocycles. The maximum Gasteiger partial charge on any atom is 0.173 e. The average molecular weight is 217 g/mol. The molecule has 0 aliphatic carbocycles. The Balaban J connectivity index is 2.63. The van der Waals surface area contributed by atoms with Gasteiger partial charge in [0.2, 0.25) is 0 Å². The minimum Gasteiger partial charge on any atom is -0.465 e. The summed E-state index contributed by atoms with van der Waals surface area (Å²) in [6.07, 6.45) is 5.40. The number of hydrogen-bond donors (Lipinski definition) is 1. The van der Waals surface area contributed by atoms with Gasteiger partial charge in [-0.2, -0.15) is 0 Å². The van der Waals surface area contributed by atoms with Gasteiger partial charge in [-0.3, -0.25) is 5.41 Å². The van der Waals surface area contributed by atoms with Gasteiger partial charge in [0.25, 0.3) is 0 Å². The Labute approximate surface area is 95.5 Å². The molecule has 1 N–H and O–H groups in total. The molecule has 0 spiro atoms. The van der Waals surface area contributed by atoms with Gasteiger partial charge in [-0.05, 0) is 36.8 Å². The van der Waals surface area contributed by atoms with E-state index in [0.717, 1.165) is 24.1 Å². The van der Waals surface area contributed by atoms with Crippen molar-refractivity contribution >= 4 is 12.2 Å². The lowest BCUT2D eigenvalue weighted by molar-refractivity contribution is 0.478. The molecule has 1 rings (SSSR count). The Kier molecular flexibility index (Phi) is 4.86. The summed E-state index contributed by atoms with van der Waals surface area (Å²) in [5.41, 5.74) is 0.829. The molecule has 16 heavy (non-hydrogen) atoms. The zero-order valence-corrected chi connectivity index (χ0v) is 9.27. The maximum absolute atomic E-state index is 6.79. The first kappa shape index (κ1) is 12.0. The number of benzene rings is 1. The van der Waals surface area contributed by atoms with E-state index in [2.05, 4.69) is 6.58 Å². The molecule has 0 saturated heterocycles. The van der Waals surface area contributed by atoms with Crippen LogP contribution in [-0.2, 0) is 4.74 Å². The molecule has 3 nitrogen and oxygen atoms in total. The van der Waals surface area contributed by atoms with E-state index < -0.39 is 0 Å². The highest BCUT2D eigenvalue weighted by Crippen LogP contribution is 2.18. The van der Waals surface area contributed by atoms with Crippen molar-refractivity contribution in [3.63, 3.8) is 0 Å². The van der Waals surface area contributed by atoms with Gasteiger partial charge in [0.1, 0.15) is 11.5 Å². The number of allylic oxidation sites excluding steroid dienone is 1. The topological polar surface area (TPSA) is 42.3 Å². The van der Waals surface area contributed by atoms with Crippen LogP contribution in [0.2, 0.25) is 0 Å². The van der Waals surface area contributed by atoms with E-state index in [1.165, 1.54) is 0 Å². The molecule has 3 heteroatoms. The van der Waals surface area contributed by atoms with E-state index in [0.29, 0.717) is 5.76 Å². The van der Waals surface area contributed by atoms with Crippen molar-refractivity contribution in [3.05, 3.63) is 48.7 Å². The van der Waals surface area contributed by atoms with Gasteiger partial charge in [0.05, 0.1) is 6.26 Å².